The predicted molar refractivity (Wildman–Crippen MR) is 102 cm³/mol. The van der Waals surface area contributed by atoms with Crippen molar-refractivity contribution in [3.05, 3.63) is 64.7 Å². The van der Waals surface area contributed by atoms with Crippen LogP contribution in [-0.2, 0) is 19.0 Å². The minimum absolute atomic E-state index is 0.457. The Balaban J connectivity index is 1.75. The first kappa shape index (κ1) is 16.5. The fourth-order valence-electron chi connectivity index (χ4n) is 3.68. The summed E-state index contributed by atoms with van der Waals surface area (Å²) in [6.45, 7) is 2.18. The monoisotopic (exact) mass is 326 g/mol. The van der Waals surface area contributed by atoms with Crippen LogP contribution in [-0.4, -0.2) is 6.16 Å². The molecule has 23 heavy (non-hydrogen) atoms. The lowest BCUT2D eigenvalue weighted by Gasteiger charge is -2.29. The van der Waals surface area contributed by atoms with Gasteiger partial charge >= 0.3 is 0 Å². The maximum absolute atomic E-state index is 6.53. The summed E-state index contributed by atoms with van der Waals surface area (Å²) in [6, 6.07) is 15.2. The summed E-state index contributed by atoms with van der Waals surface area (Å²) in [5.74, 6) is 0.615. The standard InChI is InChI=1S/C20H27N2P/c1-2-16-11-19-17(12-20(16)21)9-6-10-18(19)14-23(22)13-15-7-4-3-5-8-15/h3-5,7-8,11-12,18H,2,6,9-10,13-14,21-22H2,1H3. The van der Waals surface area contributed by atoms with Gasteiger partial charge in [-0.25, -0.2) is 0 Å². The molecule has 0 saturated carbocycles. The number of aryl methyl sites for hydroxylation is 2. The number of hydrogen-bond donors (Lipinski definition) is 2. The van der Waals surface area contributed by atoms with Gasteiger partial charge in [-0.3, -0.25) is 0 Å². The Morgan fingerprint density at radius 2 is 1.96 bits per heavy atom. The van der Waals surface area contributed by atoms with E-state index in [1.165, 1.54) is 41.5 Å². The van der Waals surface area contributed by atoms with Gasteiger partial charge < -0.3 is 11.2 Å². The summed E-state index contributed by atoms with van der Waals surface area (Å²) in [7, 11) is -0.457. The Morgan fingerprint density at radius 3 is 2.70 bits per heavy atom. The Morgan fingerprint density at radius 1 is 1.17 bits per heavy atom. The molecule has 2 aromatic rings. The molecule has 1 aliphatic rings. The average molecular weight is 326 g/mol. The Hall–Kier alpha value is -1.37. The van der Waals surface area contributed by atoms with Crippen molar-refractivity contribution in [1.29, 1.82) is 0 Å². The lowest BCUT2D eigenvalue weighted by Crippen LogP contribution is -2.16. The Labute approximate surface area is 141 Å². The molecule has 0 radical (unpaired) electrons. The fourth-order valence-corrected chi connectivity index (χ4v) is 5.43. The highest BCUT2D eigenvalue weighted by molar-refractivity contribution is 7.54. The van der Waals surface area contributed by atoms with Gasteiger partial charge in [-0.15, -0.1) is 0 Å². The second-order valence-corrected chi connectivity index (χ2v) is 8.47. The summed E-state index contributed by atoms with van der Waals surface area (Å²) in [5, 5.41) is 0. The molecule has 0 aliphatic heterocycles. The number of rotatable bonds is 5. The van der Waals surface area contributed by atoms with E-state index in [2.05, 4.69) is 49.4 Å². The smallest absolute Gasteiger partial charge is 0.0349 e. The summed E-state index contributed by atoms with van der Waals surface area (Å²) in [4.78, 5) is 0. The van der Waals surface area contributed by atoms with Crippen molar-refractivity contribution in [3.8, 4) is 0 Å². The number of nitrogen functional groups attached to an aromatic ring is 1. The van der Waals surface area contributed by atoms with Crippen molar-refractivity contribution < 1.29 is 0 Å². The number of nitrogens with two attached hydrogens (primary N) is 2. The molecule has 2 unspecified atom stereocenters. The van der Waals surface area contributed by atoms with E-state index in [-0.39, 0.29) is 0 Å². The summed E-state index contributed by atoms with van der Waals surface area (Å²) < 4.78 is 0. The summed E-state index contributed by atoms with van der Waals surface area (Å²) in [5.41, 5.74) is 19.3. The fraction of sp³-hybridized carbons (Fsp3) is 0.400. The molecule has 2 nitrogen and oxygen atoms in total. The molecular weight excluding hydrogens is 299 g/mol. The van der Waals surface area contributed by atoms with Crippen LogP contribution < -0.4 is 11.2 Å². The van der Waals surface area contributed by atoms with Gasteiger partial charge in [0.1, 0.15) is 0 Å². The van der Waals surface area contributed by atoms with Crippen molar-refractivity contribution in [2.75, 3.05) is 11.9 Å². The van der Waals surface area contributed by atoms with Crippen LogP contribution in [0.25, 0.3) is 0 Å². The maximum atomic E-state index is 6.53. The lowest BCUT2D eigenvalue weighted by atomic mass is 9.82. The van der Waals surface area contributed by atoms with E-state index in [0.717, 1.165) is 24.4 Å². The number of fused-ring (bicyclic) bond motifs is 1. The van der Waals surface area contributed by atoms with Crippen LogP contribution in [0.4, 0.5) is 5.69 Å². The molecule has 2 atom stereocenters. The largest absolute Gasteiger partial charge is 0.398 e. The van der Waals surface area contributed by atoms with Gasteiger partial charge in [0.2, 0.25) is 0 Å². The van der Waals surface area contributed by atoms with E-state index in [0.29, 0.717) is 5.92 Å². The zero-order valence-electron chi connectivity index (χ0n) is 14.0. The van der Waals surface area contributed by atoms with Crippen LogP contribution in [0.1, 0.15) is 47.9 Å². The normalized spacial score (nSPS) is 18.4. The third kappa shape index (κ3) is 3.94. The summed E-state index contributed by atoms with van der Waals surface area (Å²) >= 11 is 0. The van der Waals surface area contributed by atoms with Crippen molar-refractivity contribution >= 4 is 13.8 Å². The number of hydrogen-bond acceptors (Lipinski definition) is 2. The van der Waals surface area contributed by atoms with Gasteiger partial charge in [-0.2, -0.15) is 0 Å². The minimum atomic E-state index is -0.457. The van der Waals surface area contributed by atoms with Crippen LogP contribution >= 0.6 is 8.07 Å². The molecule has 0 fully saturated rings. The van der Waals surface area contributed by atoms with E-state index in [4.69, 9.17) is 11.2 Å². The molecule has 0 amide bonds. The lowest BCUT2D eigenvalue weighted by molar-refractivity contribution is 0.593. The van der Waals surface area contributed by atoms with Crippen LogP contribution in [0, 0.1) is 0 Å². The quantitative estimate of drug-likeness (QED) is 0.612. The zero-order chi connectivity index (χ0) is 16.2. The van der Waals surface area contributed by atoms with Crippen molar-refractivity contribution in [1.82, 2.24) is 0 Å². The van der Waals surface area contributed by atoms with Crippen LogP contribution in [0.3, 0.4) is 0 Å². The summed E-state index contributed by atoms with van der Waals surface area (Å²) in [6.07, 6.45) is 6.86. The van der Waals surface area contributed by atoms with E-state index in [1.807, 2.05) is 0 Å². The molecule has 122 valence electrons. The molecule has 0 aromatic heterocycles. The Bertz CT molecular complexity index is 654. The van der Waals surface area contributed by atoms with E-state index >= 15 is 0 Å². The highest BCUT2D eigenvalue weighted by Crippen LogP contribution is 2.42. The molecule has 2 aromatic carbocycles. The molecule has 0 bridgehead atoms. The SMILES string of the molecule is CCc1cc2c(cc1N)CCCC2CP(N)Cc1ccccc1. The van der Waals surface area contributed by atoms with Crippen LogP contribution in [0.5, 0.6) is 0 Å². The van der Waals surface area contributed by atoms with E-state index in [1.54, 1.807) is 0 Å². The van der Waals surface area contributed by atoms with Crippen molar-refractivity contribution in [3.63, 3.8) is 0 Å². The topological polar surface area (TPSA) is 52.0 Å². The third-order valence-electron chi connectivity index (χ3n) is 4.90. The van der Waals surface area contributed by atoms with Crippen molar-refractivity contribution in [2.24, 2.45) is 5.50 Å². The van der Waals surface area contributed by atoms with Gasteiger partial charge in [-0.1, -0.05) is 43.3 Å². The molecule has 3 rings (SSSR count). The molecule has 0 saturated heterocycles. The minimum Gasteiger partial charge on any atom is -0.398 e. The molecule has 4 N–H and O–H groups in total. The van der Waals surface area contributed by atoms with E-state index < -0.39 is 8.07 Å². The first-order valence-corrected chi connectivity index (χ1v) is 10.4. The highest BCUT2D eigenvalue weighted by atomic mass is 31.1. The molecule has 3 heteroatoms. The van der Waals surface area contributed by atoms with Gasteiger partial charge in [0.25, 0.3) is 0 Å². The predicted octanol–water partition coefficient (Wildman–Crippen LogP) is 4.81. The highest BCUT2D eigenvalue weighted by Gasteiger charge is 2.23. The second kappa shape index (κ2) is 7.47. The van der Waals surface area contributed by atoms with Gasteiger partial charge in [0.15, 0.2) is 0 Å². The van der Waals surface area contributed by atoms with E-state index in [9.17, 15) is 0 Å². The molecule has 1 aliphatic carbocycles. The van der Waals surface area contributed by atoms with Gasteiger partial charge in [0, 0.05) is 11.8 Å². The van der Waals surface area contributed by atoms with Crippen molar-refractivity contribution in [2.45, 2.75) is 44.7 Å². The average Bonchev–Trinajstić information content (AvgIpc) is 2.55. The molecule has 0 spiro atoms. The maximum Gasteiger partial charge on any atom is 0.0349 e. The zero-order valence-corrected chi connectivity index (χ0v) is 14.9. The third-order valence-corrected chi connectivity index (χ3v) is 6.58. The second-order valence-electron chi connectivity index (χ2n) is 6.61. The van der Waals surface area contributed by atoms with Crippen LogP contribution in [0.15, 0.2) is 42.5 Å². The number of anilines is 1. The first-order valence-electron chi connectivity index (χ1n) is 8.62. The molecular formula is C20H27N2P. The first-order chi connectivity index (χ1) is 11.2. The molecule has 0 heterocycles. The van der Waals surface area contributed by atoms with Gasteiger partial charge in [-0.05, 0) is 74.2 Å². The van der Waals surface area contributed by atoms with Crippen LogP contribution in [0.2, 0.25) is 0 Å². The number of benzene rings is 2. The Kier molecular flexibility index (Phi) is 5.35. The van der Waals surface area contributed by atoms with Gasteiger partial charge in [0.05, 0.1) is 0 Å².